The number of benzene rings is 1. The molecule has 2 fully saturated rings. The average Bonchev–Trinajstić information content (AvgIpc) is 3.16. The minimum Gasteiger partial charge on any atom is -0.348 e. The highest BCUT2D eigenvalue weighted by Crippen LogP contribution is 2.31. The quantitative estimate of drug-likeness (QED) is 0.829. The molecule has 0 radical (unpaired) electrons. The van der Waals surface area contributed by atoms with Crippen molar-refractivity contribution in [3.63, 3.8) is 0 Å². The van der Waals surface area contributed by atoms with Crippen molar-refractivity contribution in [1.82, 2.24) is 20.1 Å². The molecule has 2 aromatic rings. The van der Waals surface area contributed by atoms with Gasteiger partial charge in [-0.15, -0.1) is 0 Å². The van der Waals surface area contributed by atoms with E-state index in [1.54, 1.807) is 6.07 Å². The predicted octanol–water partition coefficient (Wildman–Crippen LogP) is 1.56. The average molecular weight is 393 g/mol. The zero-order valence-corrected chi connectivity index (χ0v) is 16.6. The van der Waals surface area contributed by atoms with Crippen LogP contribution in [0.3, 0.4) is 0 Å². The molecule has 6 nitrogen and oxygen atoms in total. The number of amides is 1. The molecular formula is C23H28N4O2. The lowest BCUT2D eigenvalue weighted by molar-refractivity contribution is 0.0934. The second kappa shape index (κ2) is 7.76. The molecule has 29 heavy (non-hydrogen) atoms. The van der Waals surface area contributed by atoms with Crippen molar-refractivity contribution in [2.75, 3.05) is 26.2 Å². The fraction of sp³-hybridized carbons (Fsp3) is 0.478. The number of hydrogen-bond donors (Lipinski definition) is 2. The summed E-state index contributed by atoms with van der Waals surface area (Å²) in [6.07, 6.45) is 2.05. The zero-order chi connectivity index (χ0) is 19.8. The number of nitrogens with zero attached hydrogens (tertiary/aromatic N) is 2. The molecule has 2 N–H and O–H groups in total. The van der Waals surface area contributed by atoms with Gasteiger partial charge >= 0.3 is 0 Å². The number of rotatable bonds is 4. The fourth-order valence-corrected chi connectivity index (χ4v) is 5.16. The van der Waals surface area contributed by atoms with Crippen molar-refractivity contribution in [2.45, 2.75) is 37.9 Å². The van der Waals surface area contributed by atoms with Crippen molar-refractivity contribution in [3.05, 3.63) is 69.6 Å². The van der Waals surface area contributed by atoms with E-state index in [4.69, 9.17) is 0 Å². The maximum absolute atomic E-state index is 13.0. The van der Waals surface area contributed by atoms with Crippen molar-refractivity contribution >= 4 is 5.91 Å². The molecule has 5 rings (SSSR count). The van der Waals surface area contributed by atoms with Crippen molar-refractivity contribution in [3.8, 4) is 0 Å². The van der Waals surface area contributed by atoms with E-state index in [1.807, 2.05) is 16.7 Å². The van der Waals surface area contributed by atoms with Crippen LogP contribution in [0.5, 0.6) is 0 Å². The first-order chi connectivity index (χ1) is 14.2. The van der Waals surface area contributed by atoms with Gasteiger partial charge in [-0.1, -0.05) is 30.3 Å². The van der Waals surface area contributed by atoms with Gasteiger partial charge in [-0.05, 0) is 43.0 Å². The lowest BCUT2D eigenvalue weighted by Gasteiger charge is -2.37. The van der Waals surface area contributed by atoms with Gasteiger partial charge in [-0.25, -0.2) is 0 Å². The molecule has 0 spiro atoms. The van der Waals surface area contributed by atoms with Gasteiger partial charge in [0.1, 0.15) is 5.56 Å². The Labute approximate surface area is 170 Å². The molecule has 1 aromatic carbocycles. The second-order valence-electron chi connectivity index (χ2n) is 8.72. The molecular weight excluding hydrogens is 364 g/mol. The molecule has 4 heterocycles. The number of aromatic nitrogens is 1. The van der Waals surface area contributed by atoms with Gasteiger partial charge in [0.25, 0.3) is 11.5 Å². The summed E-state index contributed by atoms with van der Waals surface area (Å²) in [5.41, 5.74) is 2.51. The first-order valence-electron chi connectivity index (χ1n) is 10.7. The number of piperidine rings is 1. The molecule has 3 aliphatic heterocycles. The Morgan fingerprint density at radius 1 is 1.10 bits per heavy atom. The second-order valence-corrected chi connectivity index (χ2v) is 8.72. The van der Waals surface area contributed by atoms with Gasteiger partial charge in [0.15, 0.2) is 0 Å². The highest BCUT2D eigenvalue weighted by atomic mass is 16.2. The third-order valence-electron chi connectivity index (χ3n) is 6.61. The van der Waals surface area contributed by atoms with Crippen LogP contribution in [0.25, 0.3) is 0 Å². The lowest BCUT2D eigenvalue weighted by atomic mass is 9.84. The summed E-state index contributed by atoms with van der Waals surface area (Å²) >= 11 is 0. The van der Waals surface area contributed by atoms with E-state index in [2.05, 4.69) is 39.8 Å². The highest BCUT2D eigenvalue weighted by Gasteiger charge is 2.32. The van der Waals surface area contributed by atoms with Crippen molar-refractivity contribution in [1.29, 1.82) is 0 Å². The lowest BCUT2D eigenvalue weighted by Crippen LogP contribution is -2.47. The van der Waals surface area contributed by atoms with Gasteiger partial charge in [0.05, 0.1) is 0 Å². The SMILES string of the molecule is O=C(N[C@H]1CCN(Cc2ccccc2)C1)c1ccc2n(c1=O)C[C@@H]1CNC[C@H]2C1. The molecule has 152 valence electrons. The van der Waals surface area contributed by atoms with Crippen LogP contribution in [0, 0.1) is 5.92 Å². The summed E-state index contributed by atoms with van der Waals surface area (Å²) in [5, 5.41) is 6.56. The summed E-state index contributed by atoms with van der Waals surface area (Å²) in [6, 6.07) is 14.2. The summed E-state index contributed by atoms with van der Waals surface area (Å²) in [4.78, 5) is 28.3. The first-order valence-corrected chi connectivity index (χ1v) is 10.7. The van der Waals surface area contributed by atoms with E-state index >= 15 is 0 Å². The third-order valence-corrected chi connectivity index (χ3v) is 6.61. The van der Waals surface area contributed by atoms with Crippen LogP contribution in [-0.2, 0) is 13.1 Å². The number of fused-ring (bicyclic) bond motifs is 4. The van der Waals surface area contributed by atoms with E-state index in [1.165, 1.54) is 5.56 Å². The number of hydrogen-bond acceptors (Lipinski definition) is 4. The van der Waals surface area contributed by atoms with Crippen LogP contribution in [0.4, 0.5) is 0 Å². The van der Waals surface area contributed by atoms with Crippen LogP contribution in [-0.4, -0.2) is 47.6 Å². The Bertz CT molecular complexity index is 955. The zero-order valence-electron chi connectivity index (χ0n) is 16.6. The summed E-state index contributed by atoms with van der Waals surface area (Å²) in [7, 11) is 0. The van der Waals surface area contributed by atoms with Crippen molar-refractivity contribution in [2.24, 2.45) is 5.92 Å². The van der Waals surface area contributed by atoms with Crippen molar-refractivity contribution < 1.29 is 4.79 Å². The van der Waals surface area contributed by atoms with Crippen LogP contribution in [0.2, 0.25) is 0 Å². The standard InChI is InChI=1S/C23H28N4O2/c28-22(25-19-8-9-26(15-19)13-16-4-2-1-3-5-16)20-6-7-21-18-10-17(11-24-12-18)14-27(21)23(20)29/h1-7,17-19,24H,8-15H2,(H,25,28)/t17-,18+,19-/m0/s1. The number of pyridine rings is 1. The molecule has 2 saturated heterocycles. The number of likely N-dealkylation sites (tertiary alicyclic amines) is 1. The van der Waals surface area contributed by atoms with E-state index in [0.717, 1.165) is 51.3 Å². The molecule has 0 aliphatic carbocycles. The minimum atomic E-state index is -0.231. The molecule has 1 amide bonds. The molecule has 2 bridgehead atoms. The molecule has 0 saturated carbocycles. The Morgan fingerprint density at radius 2 is 1.97 bits per heavy atom. The van der Waals surface area contributed by atoms with Crippen LogP contribution in [0.15, 0.2) is 47.3 Å². The minimum absolute atomic E-state index is 0.0928. The van der Waals surface area contributed by atoms with E-state index in [-0.39, 0.29) is 23.1 Å². The third kappa shape index (κ3) is 3.74. The maximum atomic E-state index is 13.0. The smallest absolute Gasteiger partial charge is 0.263 e. The Balaban J connectivity index is 1.26. The van der Waals surface area contributed by atoms with Gasteiger partial charge in [0.2, 0.25) is 0 Å². The van der Waals surface area contributed by atoms with Gasteiger partial charge in [0, 0.05) is 50.4 Å². The molecule has 3 aliphatic rings. The van der Waals surface area contributed by atoms with Gasteiger partial charge < -0.3 is 15.2 Å². The molecule has 0 unspecified atom stereocenters. The highest BCUT2D eigenvalue weighted by molar-refractivity contribution is 5.94. The molecule has 6 heteroatoms. The Hall–Kier alpha value is -2.44. The van der Waals surface area contributed by atoms with Crippen LogP contribution in [0.1, 0.15) is 40.4 Å². The topological polar surface area (TPSA) is 66.4 Å². The largest absolute Gasteiger partial charge is 0.348 e. The van der Waals surface area contributed by atoms with E-state index < -0.39 is 0 Å². The molecule has 3 atom stereocenters. The number of nitrogens with one attached hydrogen (secondary N) is 2. The van der Waals surface area contributed by atoms with Crippen LogP contribution < -0.4 is 16.2 Å². The van der Waals surface area contributed by atoms with Crippen LogP contribution >= 0.6 is 0 Å². The maximum Gasteiger partial charge on any atom is 0.263 e. The first kappa shape index (κ1) is 18.6. The normalized spacial score (nSPS) is 26.1. The summed E-state index contributed by atoms with van der Waals surface area (Å²) in [6.45, 7) is 5.26. The van der Waals surface area contributed by atoms with E-state index in [0.29, 0.717) is 18.4 Å². The Kier molecular flexibility index (Phi) is 4.97. The Morgan fingerprint density at radius 3 is 2.83 bits per heavy atom. The van der Waals surface area contributed by atoms with Gasteiger partial charge in [-0.3, -0.25) is 14.5 Å². The fourth-order valence-electron chi connectivity index (χ4n) is 5.16. The molecule has 1 aromatic heterocycles. The summed E-state index contributed by atoms with van der Waals surface area (Å²) < 4.78 is 1.85. The monoisotopic (exact) mass is 392 g/mol. The van der Waals surface area contributed by atoms with Gasteiger partial charge in [-0.2, -0.15) is 0 Å². The number of carbonyl (C=O) groups is 1. The van der Waals surface area contributed by atoms with E-state index in [9.17, 15) is 9.59 Å². The predicted molar refractivity (Wildman–Crippen MR) is 112 cm³/mol. The summed E-state index contributed by atoms with van der Waals surface area (Å²) in [5.74, 6) is 0.637. The number of carbonyl (C=O) groups excluding carboxylic acids is 1.